The topological polar surface area (TPSA) is 152 Å². The third-order valence-corrected chi connectivity index (χ3v) is 7.74. The summed E-state index contributed by atoms with van der Waals surface area (Å²) in [5, 5.41) is 39.4. The second-order valence-electron chi connectivity index (χ2n) is 11.6. The van der Waals surface area contributed by atoms with Crippen LogP contribution in [0.3, 0.4) is 0 Å². The minimum absolute atomic E-state index is 0.208. The average molecular weight is 605 g/mol. The maximum atomic E-state index is 12.3. The Morgan fingerprint density at radius 1 is 0.643 bits per heavy atom. The van der Waals surface area contributed by atoms with Crippen LogP contribution in [-0.2, 0) is 28.5 Å². The Morgan fingerprint density at radius 3 is 1.67 bits per heavy atom. The van der Waals surface area contributed by atoms with Crippen molar-refractivity contribution in [2.24, 2.45) is 0 Å². The van der Waals surface area contributed by atoms with Crippen molar-refractivity contribution in [3.8, 4) is 0 Å². The second kappa shape index (κ2) is 25.1. The first-order chi connectivity index (χ1) is 20.3. The number of esters is 2. The van der Waals surface area contributed by atoms with E-state index in [0.717, 1.165) is 25.7 Å². The van der Waals surface area contributed by atoms with Crippen LogP contribution in [-0.4, -0.2) is 89.0 Å². The third-order valence-electron chi connectivity index (χ3n) is 7.74. The molecule has 0 aromatic carbocycles. The number of rotatable bonds is 26. The van der Waals surface area contributed by atoms with E-state index in [4.69, 9.17) is 18.9 Å². The van der Waals surface area contributed by atoms with Gasteiger partial charge < -0.3 is 39.4 Å². The predicted molar refractivity (Wildman–Crippen MR) is 160 cm³/mol. The zero-order valence-corrected chi connectivity index (χ0v) is 26.3. The molecule has 248 valence electrons. The molecule has 0 bridgehead atoms. The SMILES string of the molecule is CCCCCCCCCCCCCCCCCC(=O)OC[C@H](CO[C@@H]1O[C@H](CO)[C@H](O)[C@H](O)[C@H]1O)OC(=O)CCCC. The fourth-order valence-electron chi connectivity index (χ4n) is 4.99. The molecular weight excluding hydrogens is 544 g/mol. The zero-order chi connectivity index (χ0) is 31.0. The van der Waals surface area contributed by atoms with Crippen LogP contribution < -0.4 is 0 Å². The Labute approximate surface area is 253 Å². The zero-order valence-electron chi connectivity index (χ0n) is 26.3. The third kappa shape index (κ3) is 17.7. The minimum atomic E-state index is -1.58. The van der Waals surface area contributed by atoms with E-state index in [0.29, 0.717) is 6.42 Å². The quantitative estimate of drug-likeness (QED) is 0.0807. The van der Waals surface area contributed by atoms with Crippen LogP contribution in [0.4, 0.5) is 0 Å². The summed E-state index contributed by atoms with van der Waals surface area (Å²) in [6.07, 6.45) is 12.5. The van der Waals surface area contributed by atoms with Gasteiger partial charge in [-0.15, -0.1) is 0 Å². The van der Waals surface area contributed by atoms with Crippen LogP contribution in [0.15, 0.2) is 0 Å². The number of carbonyl (C=O) groups is 2. The standard InChI is InChI=1S/C32H60O10/c1-3-5-7-8-9-10-11-12-13-14-15-16-17-18-19-21-27(34)39-23-25(41-28(35)20-6-4-2)24-40-32-31(38)30(37)29(36)26(22-33)42-32/h25-26,29-33,36-38H,3-24H2,1-2H3/t25-,26-,29+,30+,31-,32-/m1/s1. The van der Waals surface area contributed by atoms with Crippen LogP contribution in [0.25, 0.3) is 0 Å². The van der Waals surface area contributed by atoms with Gasteiger partial charge in [-0.1, -0.05) is 110 Å². The first-order valence-corrected chi connectivity index (χ1v) is 16.6. The summed E-state index contributed by atoms with van der Waals surface area (Å²) in [6, 6.07) is 0. The van der Waals surface area contributed by atoms with Gasteiger partial charge in [0.05, 0.1) is 13.2 Å². The first-order valence-electron chi connectivity index (χ1n) is 16.6. The van der Waals surface area contributed by atoms with Gasteiger partial charge in [0.15, 0.2) is 12.4 Å². The predicted octanol–water partition coefficient (Wildman–Crippen LogP) is 4.71. The molecule has 10 nitrogen and oxygen atoms in total. The van der Waals surface area contributed by atoms with Crippen LogP contribution in [0.2, 0.25) is 0 Å². The number of unbranched alkanes of at least 4 members (excludes halogenated alkanes) is 15. The number of hydrogen-bond acceptors (Lipinski definition) is 10. The Morgan fingerprint density at radius 2 is 1.14 bits per heavy atom. The lowest BCUT2D eigenvalue weighted by molar-refractivity contribution is -0.305. The molecule has 1 aliphatic rings. The van der Waals surface area contributed by atoms with Gasteiger partial charge in [-0.05, 0) is 12.8 Å². The fourth-order valence-corrected chi connectivity index (χ4v) is 4.99. The highest BCUT2D eigenvalue weighted by Crippen LogP contribution is 2.22. The molecule has 0 unspecified atom stereocenters. The molecule has 1 aliphatic heterocycles. The second-order valence-corrected chi connectivity index (χ2v) is 11.6. The summed E-state index contributed by atoms with van der Waals surface area (Å²) in [7, 11) is 0. The van der Waals surface area contributed by atoms with Gasteiger partial charge >= 0.3 is 11.9 Å². The monoisotopic (exact) mass is 604 g/mol. The number of aliphatic hydroxyl groups is 4. The van der Waals surface area contributed by atoms with Crippen LogP contribution in [0.5, 0.6) is 0 Å². The molecule has 1 rings (SSSR count). The smallest absolute Gasteiger partial charge is 0.306 e. The first kappa shape index (κ1) is 38.7. The summed E-state index contributed by atoms with van der Waals surface area (Å²) < 4.78 is 21.6. The van der Waals surface area contributed by atoms with Crippen LogP contribution >= 0.6 is 0 Å². The minimum Gasteiger partial charge on any atom is -0.462 e. The summed E-state index contributed by atoms with van der Waals surface area (Å²) in [6.45, 7) is 3.13. The molecule has 0 radical (unpaired) electrons. The lowest BCUT2D eigenvalue weighted by Gasteiger charge is -2.39. The molecule has 0 spiro atoms. The van der Waals surface area contributed by atoms with E-state index in [2.05, 4.69) is 6.92 Å². The Bertz CT molecular complexity index is 674. The maximum Gasteiger partial charge on any atom is 0.306 e. The fraction of sp³-hybridized carbons (Fsp3) is 0.938. The Hall–Kier alpha value is -1.30. The number of carbonyl (C=O) groups excluding carboxylic acids is 2. The molecule has 1 heterocycles. The van der Waals surface area contributed by atoms with Crippen molar-refractivity contribution < 1.29 is 49.0 Å². The summed E-state index contributed by atoms with van der Waals surface area (Å²) in [5.74, 6) is -0.843. The van der Waals surface area contributed by atoms with Crippen molar-refractivity contribution in [2.45, 2.75) is 173 Å². The number of ether oxygens (including phenoxy) is 4. The molecule has 0 aliphatic carbocycles. The molecule has 0 aromatic heterocycles. The molecule has 1 saturated heterocycles. The molecule has 10 heteroatoms. The van der Waals surface area contributed by atoms with E-state index in [1.54, 1.807) is 0 Å². The molecule has 6 atom stereocenters. The highest BCUT2D eigenvalue weighted by atomic mass is 16.7. The highest BCUT2D eigenvalue weighted by molar-refractivity contribution is 5.70. The van der Waals surface area contributed by atoms with E-state index >= 15 is 0 Å². The van der Waals surface area contributed by atoms with Crippen molar-refractivity contribution in [1.29, 1.82) is 0 Å². The van der Waals surface area contributed by atoms with E-state index in [1.165, 1.54) is 77.0 Å². The molecule has 42 heavy (non-hydrogen) atoms. The van der Waals surface area contributed by atoms with E-state index < -0.39 is 49.4 Å². The number of aliphatic hydroxyl groups excluding tert-OH is 4. The highest BCUT2D eigenvalue weighted by Gasteiger charge is 2.44. The van der Waals surface area contributed by atoms with Crippen molar-refractivity contribution in [3.63, 3.8) is 0 Å². The van der Waals surface area contributed by atoms with Crippen LogP contribution in [0.1, 0.15) is 136 Å². The lowest BCUT2D eigenvalue weighted by Crippen LogP contribution is -2.59. The van der Waals surface area contributed by atoms with Crippen molar-refractivity contribution >= 4 is 11.9 Å². The van der Waals surface area contributed by atoms with Crippen LogP contribution in [0, 0.1) is 0 Å². The Balaban J connectivity index is 2.25. The van der Waals surface area contributed by atoms with E-state index in [1.807, 2.05) is 6.92 Å². The van der Waals surface area contributed by atoms with Gasteiger partial charge in [0.1, 0.15) is 31.0 Å². The van der Waals surface area contributed by atoms with Gasteiger partial charge in [0.25, 0.3) is 0 Å². The summed E-state index contributed by atoms with van der Waals surface area (Å²) >= 11 is 0. The van der Waals surface area contributed by atoms with Crippen molar-refractivity contribution in [3.05, 3.63) is 0 Å². The maximum absolute atomic E-state index is 12.3. The molecule has 0 aromatic rings. The molecule has 0 amide bonds. The summed E-state index contributed by atoms with van der Waals surface area (Å²) in [5.41, 5.74) is 0. The Kier molecular flexibility index (Phi) is 23.1. The molecular formula is C32H60O10. The average Bonchev–Trinajstić information content (AvgIpc) is 2.98. The van der Waals surface area contributed by atoms with Gasteiger partial charge in [-0.3, -0.25) is 9.59 Å². The normalized spacial score (nSPS) is 23.0. The van der Waals surface area contributed by atoms with Gasteiger partial charge in [-0.25, -0.2) is 0 Å². The van der Waals surface area contributed by atoms with E-state index in [-0.39, 0.29) is 32.0 Å². The lowest BCUT2D eigenvalue weighted by atomic mass is 9.99. The van der Waals surface area contributed by atoms with Crippen molar-refractivity contribution in [2.75, 3.05) is 19.8 Å². The largest absolute Gasteiger partial charge is 0.462 e. The van der Waals surface area contributed by atoms with Crippen molar-refractivity contribution in [1.82, 2.24) is 0 Å². The van der Waals surface area contributed by atoms with Gasteiger partial charge in [0.2, 0.25) is 0 Å². The molecule has 1 fully saturated rings. The number of hydrogen-bond donors (Lipinski definition) is 4. The molecule has 0 saturated carbocycles. The molecule has 4 N–H and O–H groups in total. The summed E-state index contributed by atoms with van der Waals surface area (Å²) in [4.78, 5) is 24.5. The van der Waals surface area contributed by atoms with Gasteiger partial charge in [0, 0.05) is 12.8 Å². The van der Waals surface area contributed by atoms with E-state index in [9.17, 15) is 30.0 Å². The van der Waals surface area contributed by atoms with Gasteiger partial charge in [-0.2, -0.15) is 0 Å².